The summed E-state index contributed by atoms with van der Waals surface area (Å²) in [7, 11) is 0. The van der Waals surface area contributed by atoms with E-state index in [-0.39, 0.29) is 0 Å². The van der Waals surface area contributed by atoms with Gasteiger partial charge in [0, 0.05) is 18.0 Å². The van der Waals surface area contributed by atoms with Crippen LogP contribution in [0.5, 0.6) is 0 Å². The van der Waals surface area contributed by atoms with E-state index in [4.69, 9.17) is 0 Å². The van der Waals surface area contributed by atoms with Crippen LogP contribution in [0.3, 0.4) is 0 Å². The van der Waals surface area contributed by atoms with E-state index in [0.29, 0.717) is 16.9 Å². The highest BCUT2D eigenvalue weighted by molar-refractivity contribution is 5.24. The van der Waals surface area contributed by atoms with Gasteiger partial charge in [0.05, 0.1) is 0 Å². The van der Waals surface area contributed by atoms with Crippen LogP contribution in [0.1, 0.15) is 79.1 Å². The zero-order valence-corrected chi connectivity index (χ0v) is 13.5. The van der Waals surface area contributed by atoms with Crippen LogP contribution in [-0.2, 0) is 0 Å². The lowest BCUT2D eigenvalue weighted by Gasteiger charge is -2.58. The lowest BCUT2D eigenvalue weighted by molar-refractivity contribution is -0.0231. The average molecular weight is 263 g/mol. The predicted molar refractivity (Wildman–Crippen MR) is 84.4 cm³/mol. The van der Waals surface area contributed by atoms with Crippen LogP contribution in [0.2, 0.25) is 0 Å². The molecule has 0 amide bonds. The van der Waals surface area contributed by atoms with Crippen LogP contribution in [0.4, 0.5) is 0 Å². The Hall–Kier alpha value is -0.300. The molecule has 0 atom stereocenters. The lowest BCUT2D eigenvalue weighted by Crippen LogP contribution is -2.53. The Morgan fingerprint density at radius 3 is 2.32 bits per heavy atom. The van der Waals surface area contributed by atoms with Crippen molar-refractivity contribution in [2.45, 2.75) is 85.1 Å². The van der Waals surface area contributed by atoms with Crippen LogP contribution in [0, 0.1) is 10.8 Å². The van der Waals surface area contributed by atoms with Gasteiger partial charge < -0.3 is 5.32 Å². The third-order valence-corrected chi connectivity index (χ3v) is 5.75. The first kappa shape index (κ1) is 15.1. The van der Waals surface area contributed by atoms with E-state index in [9.17, 15) is 0 Å². The summed E-state index contributed by atoms with van der Waals surface area (Å²) in [6, 6.07) is 0.610. The van der Waals surface area contributed by atoms with Gasteiger partial charge in [0.25, 0.3) is 0 Å². The Labute approximate surface area is 120 Å². The zero-order chi connectivity index (χ0) is 13.9. The minimum absolute atomic E-state index is 0.511. The van der Waals surface area contributed by atoms with Crippen LogP contribution < -0.4 is 5.32 Å². The minimum Gasteiger partial charge on any atom is -0.314 e. The smallest absolute Gasteiger partial charge is 0.00480 e. The molecule has 0 aromatic rings. The van der Waals surface area contributed by atoms with Crippen molar-refractivity contribution in [2.75, 3.05) is 6.54 Å². The highest BCUT2D eigenvalue weighted by atomic mass is 14.9. The van der Waals surface area contributed by atoms with Gasteiger partial charge in [-0.1, -0.05) is 52.2 Å². The third-order valence-electron chi connectivity index (χ3n) is 5.75. The first-order valence-electron chi connectivity index (χ1n) is 8.49. The van der Waals surface area contributed by atoms with E-state index in [0.717, 1.165) is 0 Å². The van der Waals surface area contributed by atoms with E-state index >= 15 is 0 Å². The molecule has 0 aromatic carbocycles. The molecule has 0 unspecified atom stereocenters. The summed E-state index contributed by atoms with van der Waals surface area (Å²) in [5, 5.41) is 3.73. The van der Waals surface area contributed by atoms with Gasteiger partial charge in [-0.3, -0.25) is 0 Å². The fraction of sp³-hybridized carbons (Fsp3) is 0.889. The fourth-order valence-electron chi connectivity index (χ4n) is 4.32. The van der Waals surface area contributed by atoms with Gasteiger partial charge in [-0.05, 0) is 43.9 Å². The molecule has 0 bridgehead atoms. The monoisotopic (exact) mass is 263 g/mol. The van der Waals surface area contributed by atoms with Crippen molar-refractivity contribution in [3.63, 3.8) is 0 Å². The molecule has 0 heterocycles. The van der Waals surface area contributed by atoms with Crippen molar-refractivity contribution in [1.29, 1.82) is 0 Å². The van der Waals surface area contributed by atoms with Crippen molar-refractivity contribution in [3.05, 3.63) is 11.6 Å². The van der Waals surface area contributed by atoms with E-state index < -0.39 is 0 Å². The molecule has 0 radical (unpaired) electrons. The molecular formula is C18H33N. The zero-order valence-electron chi connectivity index (χ0n) is 13.5. The van der Waals surface area contributed by atoms with Gasteiger partial charge in [-0.2, -0.15) is 0 Å². The number of nitrogens with one attached hydrogen (secondary N) is 1. The van der Waals surface area contributed by atoms with Crippen molar-refractivity contribution in [1.82, 2.24) is 5.32 Å². The van der Waals surface area contributed by atoms with Crippen molar-refractivity contribution in [2.24, 2.45) is 10.8 Å². The minimum atomic E-state index is 0.511. The number of hydrogen-bond donors (Lipinski definition) is 1. The quantitative estimate of drug-likeness (QED) is 0.660. The highest BCUT2D eigenvalue weighted by Gasteiger charge is 2.53. The molecule has 2 aliphatic rings. The lowest BCUT2D eigenvalue weighted by atomic mass is 9.47. The number of allylic oxidation sites excluding steroid dienone is 1. The van der Waals surface area contributed by atoms with Crippen molar-refractivity contribution in [3.8, 4) is 0 Å². The Balaban J connectivity index is 2.09. The maximum absolute atomic E-state index is 3.73. The molecular weight excluding hydrogens is 230 g/mol. The Kier molecular flexibility index (Phi) is 4.76. The summed E-state index contributed by atoms with van der Waals surface area (Å²) in [6.07, 6.45) is 13.7. The molecule has 2 aliphatic carbocycles. The fourth-order valence-corrected chi connectivity index (χ4v) is 4.32. The van der Waals surface area contributed by atoms with Crippen LogP contribution >= 0.6 is 0 Å². The van der Waals surface area contributed by atoms with Gasteiger partial charge in [-0.15, -0.1) is 0 Å². The molecule has 19 heavy (non-hydrogen) atoms. The maximum atomic E-state index is 3.73. The van der Waals surface area contributed by atoms with Gasteiger partial charge in [0.2, 0.25) is 0 Å². The Morgan fingerprint density at radius 2 is 1.84 bits per heavy atom. The molecule has 2 rings (SSSR count). The van der Waals surface area contributed by atoms with Crippen LogP contribution in [0.25, 0.3) is 0 Å². The van der Waals surface area contributed by atoms with E-state index in [1.165, 1.54) is 57.9 Å². The molecule has 110 valence electrons. The molecule has 0 aliphatic heterocycles. The summed E-state index contributed by atoms with van der Waals surface area (Å²) < 4.78 is 0. The van der Waals surface area contributed by atoms with Crippen LogP contribution in [0.15, 0.2) is 11.6 Å². The predicted octanol–water partition coefficient (Wildman–Crippen LogP) is 5.07. The highest BCUT2D eigenvalue weighted by Crippen LogP contribution is 2.62. The number of hydrogen-bond acceptors (Lipinski definition) is 1. The molecule has 1 saturated carbocycles. The van der Waals surface area contributed by atoms with E-state index in [1.807, 2.05) is 0 Å². The van der Waals surface area contributed by atoms with Gasteiger partial charge >= 0.3 is 0 Å². The van der Waals surface area contributed by atoms with E-state index in [1.54, 1.807) is 5.57 Å². The second-order valence-electron chi connectivity index (χ2n) is 7.35. The van der Waals surface area contributed by atoms with Crippen LogP contribution in [-0.4, -0.2) is 12.6 Å². The summed E-state index contributed by atoms with van der Waals surface area (Å²) in [5.74, 6) is 0. The topological polar surface area (TPSA) is 12.0 Å². The third kappa shape index (κ3) is 3.07. The van der Waals surface area contributed by atoms with Crippen molar-refractivity contribution >= 4 is 0 Å². The standard InChI is InChI=1S/C18H33N/c1-5-17(6-2)12-18(13-17,14-19-15(3)4)16-10-8-7-9-11-16/h10,15,19H,5-9,11-14H2,1-4H3. The Bertz CT molecular complexity index is 315. The second-order valence-corrected chi connectivity index (χ2v) is 7.35. The molecule has 1 N–H and O–H groups in total. The first-order valence-corrected chi connectivity index (χ1v) is 8.49. The maximum Gasteiger partial charge on any atom is 0.00480 e. The summed E-state index contributed by atoms with van der Waals surface area (Å²) >= 11 is 0. The summed E-state index contributed by atoms with van der Waals surface area (Å²) in [6.45, 7) is 10.5. The normalized spacial score (nSPS) is 25.0. The molecule has 0 aromatic heterocycles. The number of rotatable bonds is 6. The molecule has 1 heteroatoms. The second kappa shape index (κ2) is 5.99. The van der Waals surface area contributed by atoms with Crippen molar-refractivity contribution < 1.29 is 0 Å². The van der Waals surface area contributed by atoms with Gasteiger partial charge in [0.15, 0.2) is 0 Å². The van der Waals surface area contributed by atoms with E-state index in [2.05, 4.69) is 39.1 Å². The average Bonchev–Trinajstić information content (AvgIpc) is 2.39. The molecule has 0 spiro atoms. The Morgan fingerprint density at radius 1 is 1.16 bits per heavy atom. The van der Waals surface area contributed by atoms with Gasteiger partial charge in [0.1, 0.15) is 0 Å². The summed E-state index contributed by atoms with van der Waals surface area (Å²) in [5.41, 5.74) is 2.96. The first-order chi connectivity index (χ1) is 9.06. The molecule has 1 fully saturated rings. The van der Waals surface area contributed by atoms with Gasteiger partial charge in [-0.25, -0.2) is 0 Å². The molecule has 1 nitrogen and oxygen atoms in total. The summed E-state index contributed by atoms with van der Waals surface area (Å²) in [4.78, 5) is 0. The SMILES string of the molecule is CCC1(CC)CC(CNC(C)C)(C2=CCCCC2)C1. The molecule has 0 saturated heterocycles. The largest absolute Gasteiger partial charge is 0.314 e.